The lowest BCUT2D eigenvalue weighted by molar-refractivity contribution is -0.385. The molecule has 0 saturated carbocycles. The van der Waals surface area contributed by atoms with Crippen molar-refractivity contribution in [3.63, 3.8) is 0 Å². The molecule has 0 bridgehead atoms. The number of anilines is 1. The summed E-state index contributed by atoms with van der Waals surface area (Å²) in [6, 6.07) is 12.9. The first-order valence-electron chi connectivity index (χ1n) is 7.90. The van der Waals surface area contributed by atoms with Gasteiger partial charge in [0.05, 0.1) is 4.92 Å². The Morgan fingerprint density at radius 3 is 2.60 bits per heavy atom. The molecule has 7 heteroatoms. The first-order valence-corrected chi connectivity index (χ1v) is 7.90. The van der Waals surface area contributed by atoms with Crippen LogP contribution < -0.4 is 10.2 Å². The van der Waals surface area contributed by atoms with E-state index in [1.54, 1.807) is 4.90 Å². The van der Waals surface area contributed by atoms with E-state index >= 15 is 0 Å². The van der Waals surface area contributed by atoms with Gasteiger partial charge in [0.25, 0.3) is 11.6 Å². The predicted octanol–water partition coefficient (Wildman–Crippen LogP) is 2.44. The second-order valence-corrected chi connectivity index (χ2v) is 5.85. The molecular formula is C18H17N3O4. The van der Waals surface area contributed by atoms with Crippen LogP contribution in [0.1, 0.15) is 22.3 Å². The van der Waals surface area contributed by atoms with E-state index < -0.39 is 16.9 Å². The molecule has 0 radical (unpaired) electrons. The quantitative estimate of drug-likeness (QED) is 0.684. The monoisotopic (exact) mass is 339 g/mol. The summed E-state index contributed by atoms with van der Waals surface area (Å²) in [5.41, 5.74) is 1.17. The number of rotatable bonds is 4. The van der Waals surface area contributed by atoms with Gasteiger partial charge in [0, 0.05) is 29.4 Å². The second kappa shape index (κ2) is 6.72. The molecule has 2 aromatic rings. The fourth-order valence-electron chi connectivity index (χ4n) is 2.98. The van der Waals surface area contributed by atoms with Crippen LogP contribution in [0.25, 0.3) is 0 Å². The lowest BCUT2D eigenvalue weighted by Crippen LogP contribution is -2.41. The number of nitro groups is 1. The minimum Gasteiger partial charge on any atom is -0.340 e. The lowest BCUT2D eigenvalue weighted by Gasteiger charge is -2.17. The SMILES string of the molecule is Cc1c(C(=O)N[C@@H]2CCN(c3ccccc3)C2=O)cccc1[N+](=O)[O-]. The largest absolute Gasteiger partial charge is 0.340 e. The van der Waals surface area contributed by atoms with Crippen LogP contribution in [-0.2, 0) is 4.79 Å². The van der Waals surface area contributed by atoms with E-state index in [1.807, 2.05) is 30.3 Å². The van der Waals surface area contributed by atoms with Crippen molar-refractivity contribution in [3.05, 3.63) is 69.8 Å². The summed E-state index contributed by atoms with van der Waals surface area (Å²) in [5, 5.41) is 13.7. The molecule has 1 aliphatic heterocycles. The smallest absolute Gasteiger partial charge is 0.273 e. The molecule has 1 atom stereocenters. The standard InChI is InChI=1S/C18H17N3O4/c1-12-14(8-5-9-16(12)21(24)25)17(22)19-15-10-11-20(18(15)23)13-6-3-2-4-7-13/h2-9,15H,10-11H2,1H3,(H,19,22)/t15-/m1/s1. The fraction of sp³-hybridized carbons (Fsp3) is 0.222. The molecular weight excluding hydrogens is 322 g/mol. The Labute approximate surface area is 144 Å². The van der Waals surface area contributed by atoms with Gasteiger partial charge in [0.15, 0.2) is 0 Å². The minimum absolute atomic E-state index is 0.115. The second-order valence-electron chi connectivity index (χ2n) is 5.85. The van der Waals surface area contributed by atoms with Gasteiger partial charge in [-0.1, -0.05) is 24.3 Å². The van der Waals surface area contributed by atoms with Gasteiger partial charge in [0.2, 0.25) is 5.91 Å². The van der Waals surface area contributed by atoms with Crippen molar-refractivity contribution in [3.8, 4) is 0 Å². The summed E-state index contributed by atoms with van der Waals surface area (Å²) in [7, 11) is 0. The average Bonchev–Trinajstić information content (AvgIpc) is 2.96. The first-order chi connectivity index (χ1) is 12.0. The van der Waals surface area contributed by atoms with Gasteiger partial charge in [-0.15, -0.1) is 0 Å². The van der Waals surface area contributed by atoms with Crippen molar-refractivity contribution >= 4 is 23.2 Å². The molecule has 1 fully saturated rings. The molecule has 0 unspecified atom stereocenters. The van der Waals surface area contributed by atoms with Crippen LogP contribution in [0, 0.1) is 17.0 Å². The minimum atomic E-state index is -0.633. The number of hydrogen-bond acceptors (Lipinski definition) is 4. The maximum absolute atomic E-state index is 12.5. The number of hydrogen-bond donors (Lipinski definition) is 1. The van der Waals surface area contributed by atoms with Crippen molar-refractivity contribution < 1.29 is 14.5 Å². The zero-order valence-electron chi connectivity index (χ0n) is 13.6. The number of amides is 2. The molecule has 0 aliphatic carbocycles. The Hall–Kier alpha value is -3.22. The van der Waals surface area contributed by atoms with Crippen LogP contribution in [0.5, 0.6) is 0 Å². The number of carbonyl (C=O) groups is 2. The van der Waals surface area contributed by atoms with Crippen molar-refractivity contribution in [2.45, 2.75) is 19.4 Å². The van der Waals surface area contributed by atoms with Gasteiger partial charge in [-0.25, -0.2) is 0 Å². The molecule has 2 aromatic carbocycles. The third-order valence-electron chi connectivity index (χ3n) is 4.33. The molecule has 3 rings (SSSR count). The number of para-hydroxylation sites is 1. The number of nitro benzene ring substituents is 1. The van der Waals surface area contributed by atoms with Crippen LogP contribution in [0.2, 0.25) is 0 Å². The summed E-state index contributed by atoms with van der Waals surface area (Å²) < 4.78 is 0. The van der Waals surface area contributed by atoms with Gasteiger partial charge >= 0.3 is 0 Å². The zero-order chi connectivity index (χ0) is 18.0. The van der Waals surface area contributed by atoms with Gasteiger partial charge in [-0.3, -0.25) is 19.7 Å². The maximum atomic E-state index is 12.5. The van der Waals surface area contributed by atoms with E-state index in [0.29, 0.717) is 13.0 Å². The highest BCUT2D eigenvalue weighted by Gasteiger charge is 2.34. The van der Waals surface area contributed by atoms with Crippen molar-refractivity contribution in [2.24, 2.45) is 0 Å². The van der Waals surface area contributed by atoms with E-state index in [4.69, 9.17) is 0 Å². The van der Waals surface area contributed by atoms with E-state index in [2.05, 4.69) is 5.32 Å². The van der Waals surface area contributed by atoms with Gasteiger partial charge in [0.1, 0.15) is 6.04 Å². The molecule has 0 spiro atoms. The first kappa shape index (κ1) is 16.6. The van der Waals surface area contributed by atoms with Crippen LogP contribution in [0.15, 0.2) is 48.5 Å². The van der Waals surface area contributed by atoms with Gasteiger partial charge in [-0.05, 0) is 31.5 Å². The summed E-state index contributed by atoms with van der Waals surface area (Å²) in [6.45, 7) is 2.04. The van der Waals surface area contributed by atoms with E-state index in [0.717, 1.165) is 5.69 Å². The molecule has 0 aromatic heterocycles. The zero-order valence-corrected chi connectivity index (χ0v) is 13.6. The van der Waals surface area contributed by atoms with Crippen LogP contribution >= 0.6 is 0 Å². The molecule has 1 N–H and O–H groups in total. The van der Waals surface area contributed by atoms with Crippen LogP contribution in [0.3, 0.4) is 0 Å². The fourth-order valence-corrected chi connectivity index (χ4v) is 2.98. The molecule has 7 nitrogen and oxygen atoms in total. The lowest BCUT2D eigenvalue weighted by atomic mass is 10.1. The number of benzene rings is 2. The molecule has 2 amide bonds. The summed E-state index contributed by atoms with van der Waals surface area (Å²) in [4.78, 5) is 37.1. The van der Waals surface area contributed by atoms with Crippen LogP contribution in [0.4, 0.5) is 11.4 Å². The molecule has 1 heterocycles. The molecule has 1 saturated heterocycles. The highest BCUT2D eigenvalue weighted by atomic mass is 16.6. The average molecular weight is 339 g/mol. The summed E-state index contributed by atoms with van der Waals surface area (Å²) in [6.07, 6.45) is 0.493. The Bertz CT molecular complexity index is 835. The third kappa shape index (κ3) is 3.21. The predicted molar refractivity (Wildman–Crippen MR) is 92.5 cm³/mol. The van der Waals surface area contributed by atoms with Crippen LogP contribution in [-0.4, -0.2) is 29.3 Å². The van der Waals surface area contributed by atoms with E-state index in [9.17, 15) is 19.7 Å². The van der Waals surface area contributed by atoms with E-state index in [1.165, 1.54) is 25.1 Å². The number of nitrogens with zero attached hydrogens (tertiary/aromatic N) is 2. The summed E-state index contributed by atoms with van der Waals surface area (Å²) >= 11 is 0. The van der Waals surface area contributed by atoms with Gasteiger partial charge in [-0.2, -0.15) is 0 Å². The topological polar surface area (TPSA) is 92.6 Å². The Morgan fingerprint density at radius 1 is 1.20 bits per heavy atom. The normalized spacial score (nSPS) is 16.8. The molecule has 1 aliphatic rings. The highest BCUT2D eigenvalue weighted by Crippen LogP contribution is 2.23. The number of carbonyl (C=O) groups excluding carboxylic acids is 2. The highest BCUT2D eigenvalue weighted by molar-refractivity contribution is 6.04. The third-order valence-corrected chi connectivity index (χ3v) is 4.33. The Kier molecular flexibility index (Phi) is 4.47. The van der Waals surface area contributed by atoms with E-state index in [-0.39, 0.29) is 22.7 Å². The Balaban J connectivity index is 1.75. The van der Waals surface area contributed by atoms with Crippen molar-refractivity contribution in [1.82, 2.24) is 5.32 Å². The van der Waals surface area contributed by atoms with Crippen molar-refractivity contribution in [1.29, 1.82) is 0 Å². The Morgan fingerprint density at radius 2 is 1.92 bits per heavy atom. The molecule has 128 valence electrons. The van der Waals surface area contributed by atoms with Gasteiger partial charge < -0.3 is 10.2 Å². The number of nitrogens with one attached hydrogen (secondary N) is 1. The summed E-state index contributed by atoms with van der Waals surface area (Å²) in [5.74, 6) is -0.655. The maximum Gasteiger partial charge on any atom is 0.273 e. The molecule has 25 heavy (non-hydrogen) atoms. The van der Waals surface area contributed by atoms with Crippen molar-refractivity contribution in [2.75, 3.05) is 11.4 Å².